The first-order chi connectivity index (χ1) is 17.0. The highest BCUT2D eigenvalue weighted by Gasteiger charge is 2.35. The fourth-order valence-electron chi connectivity index (χ4n) is 3.87. The van der Waals surface area contributed by atoms with Gasteiger partial charge in [-0.25, -0.2) is 13.4 Å². The molecule has 0 N–H and O–H groups in total. The second-order valence-corrected chi connectivity index (χ2v) is 11.2. The molecular formula is C23H23ClF3N3O4S2. The number of nitrogens with zero attached hydrogens (tertiary/aromatic N) is 3. The monoisotopic (exact) mass is 561 g/mol. The molecule has 1 aliphatic rings. The number of ether oxygens (including phenoxy) is 2. The number of aromatic nitrogens is 1. The predicted octanol–water partition coefficient (Wildman–Crippen LogP) is 4.93. The summed E-state index contributed by atoms with van der Waals surface area (Å²) in [6.45, 7) is 0.859. The van der Waals surface area contributed by atoms with Crippen molar-refractivity contribution in [2.45, 2.75) is 17.5 Å². The Labute approximate surface area is 216 Å². The fourth-order valence-corrected chi connectivity index (χ4v) is 6.68. The van der Waals surface area contributed by atoms with Gasteiger partial charge in [-0.05, 0) is 36.4 Å². The van der Waals surface area contributed by atoms with Crippen molar-refractivity contribution in [3.8, 4) is 11.5 Å². The molecule has 0 radical (unpaired) electrons. The molecule has 0 atom stereocenters. The van der Waals surface area contributed by atoms with Crippen LogP contribution >= 0.6 is 22.9 Å². The number of sulfonamides is 1. The normalized spacial score (nSPS) is 15.2. The minimum Gasteiger partial charge on any atom is -0.497 e. The lowest BCUT2D eigenvalue weighted by atomic mass is 10.1. The molecule has 7 nitrogen and oxygen atoms in total. The molecule has 0 bridgehead atoms. The van der Waals surface area contributed by atoms with Gasteiger partial charge in [0.05, 0.1) is 30.5 Å². The van der Waals surface area contributed by atoms with Gasteiger partial charge >= 0.3 is 6.18 Å². The number of rotatable bonds is 7. The third-order valence-electron chi connectivity index (χ3n) is 5.78. The Kier molecular flexibility index (Phi) is 7.69. The number of hydrogen-bond acceptors (Lipinski definition) is 7. The van der Waals surface area contributed by atoms with E-state index in [1.807, 2.05) is 28.5 Å². The summed E-state index contributed by atoms with van der Waals surface area (Å²) in [5.74, 6) is 1.43. The van der Waals surface area contributed by atoms with E-state index in [2.05, 4.69) is 0 Å². The van der Waals surface area contributed by atoms with Gasteiger partial charge in [0.25, 0.3) is 0 Å². The molecule has 1 fully saturated rings. The summed E-state index contributed by atoms with van der Waals surface area (Å²) < 4.78 is 77.4. The maximum Gasteiger partial charge on any atom is 0.416 e. The van der Waals surface area contributed by atoms with Crippen LogP contribution in [0.25, 0.3) is 0 Å². The molecule has 1 saturated heterocycles. The van der Waals surface area contributed by atoms with E-state index in [1.54, 1.807) is 14.2 Å². The van der Waals surface area contributed by atoms with Gasteiger partial charge in [-0.2, -0.15) is 17.5 Å². The third-order valence-corrected chi connectivity index (χ3v) is 9.11. The lowest BCUT2D eigenvalue weighted by Crippen LogP contribution is -2.48. The van der Waals surface area contributed by atoms with Crippen molar-refractivity contribution in [1.29, 1.82) is 0 Å². The van der Waals surface area contributed by atoms with Crippen LogP contribution in [0.5, 0.6) is 11.5 Å². The number of hydrogen-bond donors (Lipinski definition) is 0. The summed E-state index contributed by atoms with van der Waals surface area (Å²) in [4.78, 5) is 6.10. The zero-order chi connectivity index (χ0) is 26.1. The van der Waals surface area contributed by atoms with E-state index < -0.39 is 26.7 Å². The molecule has 2 aromatic carbocycles. The average Bonchev–Trinajstić information content (AvgIpc) is 3.32. The molecule has 4 rings (SSSR count). The van der Waals surface area contributed by atoms with E-state index in [9.17, 15) is 21.6 Å². The minimum absolute atomic E-state index is 0.0908. The first-order valence-electron chi connectivity index (χ1n) is 10.8. The molecule has 1 aromatic heterocycles. The van der Waals surface area contributed by atoms with Crippen molar-refractivity contribution in [2.24, 2.45) is 0 Å². The zero-order valence-corrected chi connectivity index (χ0v) is 21.8. The SMILES string of the molecule is COc1ccc(OC)c(Cc2csc(N3CCN(S(=O)(=O)c4cc(C(F)(F)F)ccc4Cl)CC3)n2)c1. The summed E-state index contributed by atoms with van der Waals surface area (Å²) in [7, 11) is -1.01. The molecule has 2 heterocycles. The molecule has 0 amide bonds. The standard InChI is InChI=1S/C23H23ClF3N3O4S2/c1-33-18-4-6-20(34-2)15(12-18)11-17-14-35-22(28-17)29-7-9-30(10-8-29)36(31,32)21-13-16(23(25,26)27)3-5-19(21)24/h3-6,12-14H,7-11H2,1-2H3. The van der Waals surface area contributed by atoms with Crippen LogP contribution in [0, 0.1) is 0 Å². The molecule has 0 unspecified atom stereocenters. The quantitative estimate of drug-likeness (QED) is 0.407. The van der Waals surface area contributed by atoms with Crippen molar-refractivity contribution < 1.29 is 31.1 Å². The molecule has 0 spiro atoms. The number of halogens is 4. The Hall–Kier alpha value is -2.54. The molecular weight excluding hydrogens is 539 g/mol. The topological polar surface area (TPSA) is 72.0 Å². The first kappa shape index (κ1) is 26.5. The summed E-state index contributed by atoms with van der Waals surface area (Å²) in [6.07, 6.45) is -4.15. The summed E-state index contributed by atoms with van der Waals surface area (Å²) >= 11 is 7.42. The smallest absolute Gasteiger partial charge is 0.416 e. The molecule has 0 aliphatic carbocycles. The maximum absolute atomic E-state index is 13.1. The van der Waals surface area contributed by atoms with E-state index in [1.165, 1.54) is 11.3 Å². The summed E-state index contributed by atoms with van der Waals surface area (Å²) in [6, 6.07) is 7.85. The van der Waals surface area contributed by atoms with E-state index in [4.69, 9.17) is 26.1 Å². The van der Waals surface area contributed by atoms with Crippen molar-refractivity contribution in [3.63, 3.8) is 0 Å². The van der Waals surface area contributed by atoms with Crippen LogP contribution in [0.15, 0.2) is 46.7 Å². The van der Waals surface area contributed by atoms with Crippen molar-refractivity contribution in [2.75, 3.05) is 45.3 Å². The van der Waals surface area contributed by atoms with Crippen molar-refractivity contribution >= 4 is 38.1 Å². The van der Waals surface area contributed by atoms with E-state index in [0.29, 0.717) is 31.3 Å². The number of benzene rings is 2. The van der Waals surface area contributed by atoms with Gasteiger partial charge in [0.15, 0.2) is 5.13 Å². The summed E-state index contributed by atoms with van der Waals surface area (Å²) in [5.41, 5.74) is 0.682. The molecule has 13 heteroatoms. The average molecular weight is 562 g/mol. The number of piperazine rings is 1. The predicted molar refractivity (Wildman–Crippen MR) is 132 cm³/mol. The van der Waals surface area contributed by atoms with Crippen LogP contribution in [0.3, 0.4) is 0 Å². The largest absolute Gasteiger partial charge is 0.497 e. The van der Waals surface area contributed by atoms with Crippen LogP contribution in [0.4, 0.5) is 18.3 Å². The second kappa shape index (κ2) is 10.4. The van der Waals surface area contributed by atoms with Gasteiger partial charge < -0.3 is 14.4 Å². The Morgan fingerprint density at radius 3 is 2.42 bits per heavy atom. The number of alkyl halides is 3. The molecule has 36 heavy (non-hydrogen) atoms. The highest BCUT2D eigenvalue weighted by atomic mass is 35.5. The summed E-state index contributed by atoms with van der Waals surface area (Å²) in [5, 5.41) is 2.42. The van der Waals surface area contributed by atoms with Crippen molar-refractivity contribution in [1.82, 2.24) is 9.29 Å². The highest BCUT2D eigenvalue weighted by molar-refractivity contribution is 7.89. The van der Waals surface area contributed by atoms with Crippen LogP contribution < -0.4 is 14.4 Å². The highest BCUT2D eigenvalue weighted by Crippen LogP contribution is 2.35. The fraction of sp³-hybridized carbons (Fsp3) is 0.348. The van der Waals surface area contributed by atoms with Crippen LogP contribution in [0.1, 0.15) is 16.8 Å². The number of methoxy groups -OCH3 is 2. The first-order valence-corrected chi connectivity index (χ1v) is 13.5. The Morgan fingerprint density at radius 1 is 1.06 bits per heavy atom. The Bertz CT molecular complexity index is 1340. The van der Waals surface area contributed by atoms with Gasteiger partial charge in [0.2, 0.25) is 10.0 Å². The second-order valence-electron chi connectivity index (χ2n) is 8.01. The molecule has 3 aromatic rings. The van der Waals surface area contributed by atoms with Gasteiger partial charge in [-0.15, -0.1) is 11.3 Å². The number of thiazole rings is 1. The van der Waals surface area contributed by atoms with Crippen LogP contribution in [-0.4, -0.2) is 58.1 Å². The lowest BCUT2D eigenvalue weighted by molar-refractivity contribution is -0.137. The Morgan fingerprint density at radius 2 is 1.78 bits per heavy atom. The molecule has 1 aliphatic heterocycles. The molecule has 194 valence electrons. The van der Waals surface area contributed by atoms with Crippen LogP contribution in [-0.2, 0) is 22.6 Å². The van der Waals surface area contributed by atoms with Crippen LogP contribution in [0.2, 0.25) is 5.02 Å². The lowest BCUT2D eigenvalue weighted by Gasteiger charge is -2.34. The Balaban J connectivity index is 1.45. The number of anilines is 1. The van der Waals surface area contributed by atoms with E-state index >= 15 is 0 Å². The minimum atomic E-state index is -4.68. The van der Waals surface area contributed by atoms with Gasteiger partial charge in [0, 0.05) is 43.5 Å². The van der Waals surface area contributed by atoms with Crippen molar-refractivity contribution in [3.05, 3.63) is 63.6 Å². The van der Waals surface area contributed by atoms with Gasteiger partial charge in [-0.1, -0.05) is 11.6 Å². The maximum atomic E-state index is 13.1. The van der Waals surface area contributed by atoms with Gasteiger partial charge in [0.1, 0.15) is 16.4 Å². The molecule has 0 saturated carbocycles. The third kappa shape index (κ3) is 5.56. The van der Waals surface area contributed by atoms with E-state index in [0.717, 1.165) is 38.6 Å². The van der Waals surface area contributed by atoms with E-state index in [-0.39, 0.29) is 18.1 Å². The zero-order valence-electron chi connectivity index (χ0n) is 19.4. The van der Waals surface area contributed by atoms with Gasteiger partial charge in [-0.3, -0.25) is 0 Å².